The SMILES string of the molecule is CCCN(C1CCNCC1)S(=O)(=O)Cc1noc2ccccc12. The number of rotatable bonds is 6. The summed E-state index contributed by atoms with van der Waals surface area (Å²) in [7, 11) is -3.42. The first-order valence-corrected chi connectivity index (χ1v) is 9.76. The number of aromatic nitrogens is 1. The minimum Gasteiger partial charge on any atom is -0.356 e. The van der Waals surface area contributed by atoms with Crippen LogP contribution >= 0.6 is 0 Å². The van der Waals surface area contributed by atoms with Crippen LogP contribution in [0.5, 0.6) is 0 Å². The van der Waals surface area contributed by atoms with E-state index in [0.717, 1.165) is 37.7 Å². The Labute approximate surface area is 136 Å². The Hall–Kier alpha value is -1.44. The van der Waals surface area contributed by atoms with Crippen molar-refractivity contribution in [1.82, 2.24) is 14.8 Å². The second-order valence-corrected chi connectivity index (χ2v) is 7.90. The Balaban J connectivity index is 1.85. The van der Waals surface area contributed by atoms with Crippen molar-refractivity contribution in [3.05, 3.63) is 30.0 Å². The largest absolute Gasteiger partial charge is 0.356 e. The van der Waals surface area contributed by atoms with Gasteiger partial charge in [-0.3, -0.25) is 0 Å². The van der Waals surface area contributed by atoms with Gasteiger partial charge in [-0.2, -0.15) is 4.31 Å². The van der Waals surface area contributed by atoms with Gasteiger partial charge in [0.1, 0.15) is 11.4 Å². The zero-order valence-corrected chi connectivity index (χ0v) is 14.2. The molecular weight excluding hydrogens is 314 g/mol. The average molecular weight is 337 g/mol. The standard InChI is InChI=1S/C16H23N3O3S/c1-2-11-19(13-7-9-17-10-8-13)23(20,21)12-15-14-5-3-4-6-16(14)22-18-15/h3-6,13,17H,2,7-12H2,1H3. The molecule has 0 saturated carbocycles. The fraction of sp³-hybridized carbons (Fsp3) is 0.562. The van der Waals surface area contributed by atoms with E-state index < -0.39 is 10.0 Å². The molecule has 2 heterocycles. The molecule has 0 unspecified atom stereocenters. The van der Waals surface area contributed by atoms with Crippen molar-refractivity contribution in [3.63, 3.8) is 0 Å². The first-order chi connectivity index (χ1) is 11.1. The number of hydrogen-bond donors (Lipinski definition) is 1. The summed E-state index contributed by atoms with van der Waals surface area (Å²) in [5, 5.41) is 8.03. The quantitative estimate of drug-likeness (QED) is 0.874. The van der Waals surface area contributed by atoms with Gasteiger partial charge in [-0.25, -0.2) is 8.42 Å². The molecule has 0 aliphatic carbocycles. The molecule has 7 heteroatoms. The maximum absolute atomic E-state index is 13.0. The molecule has 1 N–H and O–H groups in total. The highest BCUT2D eigenvalue weighted by Gasteiger charge is 2.31. The summed E-state index contributed by atoms with van der Waals surface area (Å²) in [5.41, 5.74) is 1.12. The Morgan fingerprint density at radius 3 is 2.78 bits per heavy atom. The van der Waals surface area contributed by atoms with E-state index in [0.29, 0.717) is 17.8 Å². The van der Waals surface area contributed by atoms with Crippen molar-refractivity contribution < 1.29 is 12.9 Å². The van der Waals surface area contributed by atoms with Gasteiger partial charge in [0.05, 0.1) is 0 Å². The van der Waals surface area contributed by atoms with Gasteiger partial charge in [0.15, 0.2) is 5.58 Å². The highest BCUT2D eigenvalue weighted by Crippen LogP contribution is 2.24. The van der Waals surface area contributed by atoms with Crippen molar-refractivity contribution in [2.24, 2.45) is 0 Å². The maximum atomic E-state index is 13.0. The molecule has 1 fully saturated rings. The van der Waals surface area contributed by atoms with Gasteiger partial charge in [-0.15, -0.1) is 0 Å². The van der Waals surface area contributed by atoms with E-state index in [2.05, 4.69) is 10.5 Å². The summed E-state index contributed by atoms with van der Waals surface area (Å²) in [6.45, 7) is 4.30. The minimum atomic E-state index is -3.42. The zero-order chi connectivity index (χ0) is 16.3. The molecule has 0 radical (unpaired) electrons. The lowest BCUT2D eigenvalue weighted by Gasteiger charge is -2.33. The second kappa shape index (κ2) is 6.98. The predicted molar refractivity (Wildman–Crippen MR) is 89.5 cm³/mol. The molecule has 23 heavy (non-hydrogen) atoms. The number of sulfonamides is 1. The van der Waals surface area contributed by atoms with Crippen LogP contribution in [-0.4, -0.2) is 43.6 Å². The molecule has 1 aliphatic rings. The van der Waals surface area contributed by atoms with Crippen molar-refractivity contribution in [3.8, 4) is 0 Å². The van der Waals surface area contributed by atoms with Gasteiger partial charge in [0.25, 0.3) is 0 Å². The highest BCUT2D eigenvalue weighted by atomic mass is 32.2. The van der Waals surface area contributed by atoms with Gasteiger partial charge < -0.3 is 9.84 Å². The van der Waals surface area contributed by atoms with Crippen molar-refractivity contribution in [2.75, 3.05) is 19.6 Å². The summed E-state index contributed by atoms with van der Waals surface area (Å²) >= 11 is 0. The number of hydrogen-bond acceptors (Lipinski definition) is 5. The lowest BCUT2D eigenvalue weighted by molar-refractivity contribution is 0.262. The minimum absolute atomic E-state index is 0.0827. The fourth-order valence-electron chi connectivity index (χ4n) is 3.16. The number of nitrogens with zero attached hydrogens (tertiary/aromatic N) is 2. The van der Waals surface area contributed by atoms with E-state index in [-0.39, 0.29) is 11.8 Å². The van der Waals surface area contributed by atoms with Gasteiger partial charge in [-0.1, -0.05) is 24.2 Å². The smallest absolute Gasteiger partial charge is 0.220 e. The van der Waals surface area contributed by atoms with E-state index in [1.165, 1.54) is 0 Å². The molecule has 126 valence electrons. The van der Waals surface area contributed by atoms with E-state index in [1.54, 1.807) is 10.4 Å². The number of fused-ring (bicyclic) bond motifs is 1. The van der Waals surface area contributed by atoms with Crippen molar-refractivity contribution in [1.29, 1.82) is 0 Å². The lowest BCUT2D eigenvalue weighted by Crippen LogP contribution is -2.46. The summed E-state index contributed by atoms with van der Waals surface area (Å²) in [6, 6.07) is 7.45. The molecule has 0 amide bonds. The van der Waals surface area contributed by atoms with Gasteiger partial charge in [-0.05, 0) is 44.5 Å². The summed E-state index contributed by atoms with van der Waals surface area (Å²) < 4.78 is 32.8. The third kappa shape index (κ3) is 3.57. The number of para-hydroxylation sites is 1. The fourth-order valence-corrected chi connectivity index (χ4v) is 5.01. The highest BCUT2D eigenvalue weighted by molar-refractivity contribution is 7.88. The number of nitrogens with one attached hydrogen (secondary N) is 1. The first-order valence-electron chi connectivity index (χ1n) is 8.15. The van der Waals surface area contributed by atoms with Crippen LogP contribution in [0, 0.1) is 0 Å². The van der Waals surface area contributed by atoms with Crippen LogP contribution in [0.3, 0.4) is 0 Å². The lowest BCUT2D eigenvalue weighted by atomic mass is 10.1. The third-order valence-electron chi connectivity index (χ3n) is 4.29. The maximum Gasteiger partial charge on any atom is 0.220 e. The monoisotopic (exact) mass is 337 g/mol. The molecule has 1 aromatic carbocycles. The third-order valence-corrected chi connectivity index (χ3v) is 6.12. The normalized spacial score (nSPS) is 17.1. The molecule has 0 atom stereocenters. The summed E-state index contributed by atoms with van der Waals surface area (Å²) in [4.78, 5) is 0. The average Bonchev–Trinajstić information content (AvgIpc) is 2.96. The van der Waals surface area contributed by atoms with Crippen LogP contribution in [-0.2, 0) is 15.8 Å². The molecule has 1 saturated heterocycles. The molecule has 3 rings (SSSR count). The van der Waals surface area contributed by atoms with Gasteiger partial charge in [0, 0.05) is 18.0 Å². The summed E-state index contributed by atoms with van der Waals surface area (Å²) in [5.74, 6) is -0.103. The van der Waals surface area contributed by atoms with Crippen molar-refractivity contribution in [2.45, 2.75) is 38.0 Å². The molecule has 1 aliphatic heterocycles. The first kappa shape index (κ1) is 16.4. The number of piperidine rings is 1. The van der Waals surface area contributed by atoms with Crippen LogP contribution in [0.2, 0.25) is 0 Å². The topological polar surface area (TPSA) is 75.4 Å². The second-order valence-electron chi connectivity index (χ2n) is 5.97. The van der Waals surface area contributed by atoms with Crippen LogP contribution in [0.1, 0.15) is 31.9 Å². The number of benzene rings is 1. The predicted octanol–water partition coefficient (Wildman–Crippen LogP) is 2.12. The molecule has 0 bridgehead atoms. The molecular formula is C16H23N3O3S. The Bertz CT molecular complexity index is 751. The Kier molecular flexibility index (Phi) is 4.99. The Morgan fingerprint density at radius 2 is 2.04 bits per heavy atom. The summed E-state index contributed by atoms with van der Waals surface area (Å²) in [6.07, 6.45) is 2.53. The van der Waals surface area contributed by atoms with Gasteiger partial charge >= 0.3 is 0 Å². The van der Waals surface area contributed by atoms with Crippen LogP contribution in [0.25, 0.3) is 11.0 Å². The van der Waals surface area contributed by atoms with Gasteiger partial charge in [0.2, 0.25) is 10.0 Å². The van der Waals surface area contributed by atoms with Crippen molar-refractivity contribution >= 4 is 21.0 Å². The van der Waals surface area contributed by atoms with Crippen LogP contribution in [0.15, 0.2) is 28.8 Å². The molecule has 1 aromatic heterocycles. The van der Waals surface area contributed by atoms with Crippen LogP contribution in [0.4, 0.5) is 0 Å². The molecule has 2 aromatic rings. The van der Waals surface area contributed by atoms with E-state index in [4.69, 9.17) is 4.52 Å². The molecule has 0 spiro atoms. The van der Waals surface area contributed by atoms with Crippen LogP contribution < -0.4 is 5.32 Å². The Morgan fingerprint density at radius 1 is 1.30 bits per heavy atom. The van der Waals surface area contributed by atoms with E-state index >= 15 is 0 Å². The van der Waals surface area contributed by atoms with E-state index in [1.807, 2.05) is 25.1 Å². The molecule has 6 nitrogen and oxygen atoms in total. The zero-order valence-electron chi connectivity index (χ0n) is 13.4. The van der Waals surface area contributed by atoms with E-state index in [9.17, 15) is 8.42 Å².